The number of nitrogens with two attached hydrogens (primary N) is 1. The summed E-state index contributed by atoms with van der Waals surface area (Å²) >= 11 is 0. The van der Waals surface area contributed by atoms with E-state index in [1.165, 1.54) is 0 Å². The highest BCUT2D eigenvalue weighted by molar-refractivity contribution is 4.68. The maximum Gasteiger partial charge on any atom is 0.0649 e. The second-order valence-electron chi connectivity index (χ2n) is 4.34. The summed E-state index contributed by atoms with van der Waals surface area (Å²) in [5, 5.41) is 8.69. The summed E-state index contributed by atoms with van der Waals surface area (Å²) in [5.41, 5.74) is 5.19. The Morgan fingerprint density at radius 2 is 2.00 bits per heavy atom. The van der Waals surface area contributed by atoms with Crippen LogP contribution in [0.3, 0.4) is 0 Å². The molecule has 15 heavy (non-hydrogen) atoms. The van der Waals surface area contributed by atoms with Gasteiger partial charge in [0.15, 0.2) is 0 Å². The molecule has 92 valence electrons. The van der Waals surface area contributed by atoms with Gasteiger partial charge in [0.25, 0.3) is 0 Å². The largest absolute Gasteiger partial charge is 0.396 e. The Morgan fingerprint density at radius 3 is 2.53 bits per heavy atom. The van der Waals surface area contributed by atoms with Crippen LogP contribution in [0.15, 0.2) is 0 Å². The van der Waals surface area contributed by atoms with E-state index in [1.807, 2.05) is 20.8 Å². The van der Waals surface area contributed by atoms with Crippen molar-refractivity contribution in [3.63, 3.8) is 0 Å². The average molecular weight is 219 g/mol. The predicted molar refractivity (Wildman–Crippen MR) is 60.8 cm³/mol. The Labute approximate surface area is 92.7 Å². The molecule has 0 bridgehead atoms. The third kappa shape index (κ3) is 8.81. The van der Waals surface area contributed by atoms with Crippen molar-refractivity contribution in [2.75, 3.05) is 26.4 Å². The molecule has 0 saturated carbocycles. The minimum atomic E-state index is -0.182. The molecule has 1 unspecified atom stereocenters. The first-order valence-electron chi connectivity index (χ1n) is 5.58. The summed E-state index contributed by atoms with van der Waals surface area (Å²) in [6.07, 6.45) is 1.63. The van der Waals surface area contributed by atoms with Gasteiger partial charge in [0.1, 0.15) is 0 Å². The zero-order valence-electron chi connectivity index (χ0n) is 10.2. The normalized spacial score (nSPS) is 14.2. The summed E-state index contributed by atoms with van der Waals surface area (Å²) in [7, 11) is 0. The first kappa shape index (κ1) is 14.8. The van der Waals surface area contributed by atoms with Crippen LogP contribution in [0.5, 0.6) is 0 Å². The average Bonchev–Trinajstić information content (AvgIpc) is 2.15. The Balaban J connectivity index is 3.55. The topological polar surface area (TPSA) is 64.7 Å². The smallest absolute Gasteiger partial charge is 0.0649 e. The molecule has 0 aromatic heterocycles. The van der Waals surface area contributed by atoms with Crippen LogP contribution in [-0.2, 0) is 9.47 Å². The van der Waals surface area contributed by atoms with Crippen molar-refractivity contribution in [1.29, 1.82) is 0 Å². The van der Waals surface area contributed by atoms with Gasteiger partial charge >= 0.3 is 0 Å². The predicted octanol–water partition coefficient (Wildman–Crippen LogP) is 0.918. The first-order valence-corrected chi connectivity index (χ1v) is 5.58. The van der Waals surface area contributed by atoms with Crippen molar-refractivity contribution < 1.29 is 14.6 Å². The lowest BCUT2D eigenvalue weighted by atomic mass is 10.1. The fraction of sp³-hybridized carbons (Fsp3) is 1.00. The van der Waals surface area contributed by atoms with Gasteiger partial charge < -0.3 is 20.3 Å². The van der Waals surface area contributed by atoms with Crippen LogP contribution in [0.4, 0.5) is 0 Å². The summed E-state index contributed by atoms with van der Waals surface area (Å²) < 4.78 is 11.1. The van der Waals surface area contributed by atoms with E-state index in [0.717, 1.165) is 6.42 Å². The molecular weight excluding hydrogens is 194 g/mol. The number of aliphatic hydroxyl groups excluding tert-OH is 1. The van der Waals surface area contributed by atoms with Gasteiger partial charge in [-0.25, -0.2) is 0 Å². The molecule has 0 heterocycles. The molecule has 4 heteroatoms. The van der Waals surface area contributed by atoms with E-state index in [2.05, 4.69) is 0 Å². The van der Waals surface area contributed by atoms with E-state index in [4.69, 9.17) is 20.3 Å². The molecule has 3 N–H and O–H groups in total. The number of hydrogen-bond acceptors (Lipinski definition) is 4. The second kappa shape index (κ2) is 8.05. The number of ether oxygens (including phenoxy) is 2. The van der Waals surface area contributed by atoms with Crippen molar-refractivity contribution >= 4 is 0 Å². The lowest BCUT2D eigenvalue weighted by Gasteiger charge is -2.25. The zero-order chi connectivity index (χ0) is 11.7. The molecule has 0 radical (unpaired) electrons. The van der Waals surface area contributed by atoms with Gasteiger partial charge in [-0.15, -0.1) is 0 Å². The molecular formula is C11H25NO3. The minimum absolute atomic E-state index is 0.111. The Kier molecular flexibility index (Phi) is 7.96. The number of rotatable bonds is 9. The monoisotopic (exact) mass is 219 g/mol. The molecule has 0 spiro atoms. The summed E-state index contributed by atoms with van der Waals surface area (Å²) in [4.78, 5) is 0. The lowest BCUT2D eigenvalue weighted by Crippen LogP contribution is -2.29. The van der Waals surface area contributed by atoms with Gasteiger partial charge in [0, 0.05) is 19.8 Å². The highest BCUT2D eigenvalue weighted by Crippen LogP contribution is 2.14. The summed E-state index contributed by atoms with van der Waals surface area (Å²) in [5.74, 6) is 0. The molecule has 1 atom stereocenters. The quantitative estimate of drug-likeness (QED) is 0.605. The SMILES string of the molecule is CC(CCO)OCCC(C)(C)OCCN. The second-order valence-corrected chi connectivity index (χ2v) is 4.34. The maximum atomic E-state index is 8.69. The van der Waals surface area contributed by atoms with Crippen LogP contribution < -0.4 is 5.73 Å². The van der Waals surface area contributed by atoms with Gasteiger partial charge in [-0.2, -0.15) is 0 Å². The molecule has 4 nitrogen and oxygen atoms in total. The Bertz CT molecular complexity index is 151. The molecule has 0 aromatic carbocycles. The van der Waals surface area contributed by atoms with E-state index in [0.29, 0.717) is 26.2 Å². The molecule has 0 fully saturated rings. The summed E-state index contributed by atoms with van der Waals surface area (Å²) in [6.45, 7) is 7.98. The van der Waals surface area contributed by atoms with Crippen molar-refractivity contribution in [2.24, 2.45) is 5.73 Å². The molecule has 0 rings (SSSR count). The van der Waals surface area contributed by atoms with Crippen LogP contribution in [0.2, 0.25) is 0 Å². The van der Waals surface area contributed by atoms with Gasteiger partial charge in [0.05, 0.1) is 18.3 Å². The lowest BCUT2D eigenvalue weighted by molar-refractivity contribution is -0.0480. The van der Waals surface area contributed by atoms with Crippen LogP contribution in [0, 0.1) is 0 Å². The van der Waals surface area contributed by atoms with E-state index in [9.17, 15) is 0 Å². The van der Waals surface area contributed by atoms with Crippen LogP contribution in [0.25, 0.3) is 0 Å². The van der Waals surface area contributed by atoms with Crippen molar-refractivity contribution in [3.8, 4) is 0 Å². The van der Waals surface area contributed by atoms with Gasteiger partial charge in [0.2, 0.25) is 0 Å². The third-order valence-electron chi connectivity index (χ3n) is 2.25. The number of hydrogen-bond donors (Lipinski definition) is 2. The fourth-order valence-electron chi connectivity index (χ4n) is 1.18. The molecule has 0 saturated heterocycles. The Morgan fingerprint density at radius 1 is 1.33 bits per heavy atom. The van der Waals surface area contributed by atoms with Crippen LogP contribution in [0.1, 0.15) is 33.6 Å². The third-order valence-corrected chi connectivity index (χ3v) is 2.25. The van der Waals surface area contributed by atoms with E-state index in [-0.39, 0.29) is 18.3 Å². The van der Waals surface area contributed by atoms with Crippen molar-refractivity contribution in [3.05, 3.63) is 0 Å². The van der Waals surface area contributed by atoms with Crippen LogP contribution in [-0.4, -0.2) is 43.2 Å². The van der Waals surface area contributed by atoms with E-state index < -0.39 is 0 Å². The number of aliphatic hydroxyl groups is 1. The van der Waals surface area contributed by atoms with E-state index >= 15 is 0 Å². The molecule has 0 aliphatic heterocycles. The van der Waals surface area contributed by atoms with E-state index in [1.54, 1.807) is 0 Å². The highest BCUT2D eigenvalue weighted by atomic mass is 16.5. The van der Waals surface area contributed by atoms with Crippen molar-refractivity contribution in [2.45, 2.75) is 45.3 Å². The molecule has 0 aliphatic carbocycles. The maximum absolute atomic E-state index is 8.69. The molecule has 0 aliphatic rings. The standard InChI is InChI=1S/C11H25NO3/c1-10(4-7-13)14-8-5-11(2,3)15-9-6-12/h10,13H,4-9,12H2,1-3H3. The van der Waals surface area contributed by atoms with Crippen molar-refractivity contribution in [1.82, 2.24) is 0 Å². The highest BCUT2D eigenvalue weighted by Gasteiger charge is 2.18. The van der Waals surface area contributed by atoms with Gasteiger partial charge in [-0.1, -0.05) is 0 Å². The molecule has 0 aromatic rings. The van der Waals surface area contributed by atoms with Gasteiger partial charge in [-0.3, -0.25) is 0 Å². The summed E-state index contributed by atoms with van der Waals surface area (Å²) in [6, 6.07) is 0. The molecule has 0 amide bonds. The Hall–Kier alpha value is -0.160. The zero-order valence-corrected chi connectivity index (χ0v) is 10.2. The first-order chi connectivity index (χ1) is 7.02. The minimum Gasteiger partial charge on any atom is -0.396 e. The van der Waals surface area contributed by atoms with Crippen LogP contribution >= 0.6 is 0 Å². The fourth-order valence-corrected chi connectivity index (χ4v) is 1.18. The van der Waals surface area contributed by atoms with Gasteiger partial charge in [-0.05, 0) is 33.6 Å².